The monoisotopic (exact) mass is 485 g/mol. The summed E-state index contributed by atoms with van der Waals surface area (Å²) in [5.74, 6) is 1.99. The van der Waals surface area contributed by atoms with Gasteiger partial charge in [0.15, 0.2) is 6.23 Å². The molecule has 0 aliphatic carbocycles. The molecule has 2 aliphatic rings. The largest absolute Gasteiger partial charge is 0.462 e. The summed E-state index contributed by atoms with van der Waals surface area (Å²) in [6.45, 7) is 9.44. The lowest BCUT2D eigenvalue weighted by molar-refractivity contribution is -0.154. The van der Waals surface area contributed by atoms with Crippen LogP contribution in [0.5, 0.6) is 0 Å². The average molecular weight is 486 g/mol. The normalized spacial score (nSPS) is 30.3. The molecule has 5 atom stereocenters. The molecule has 0 saturated carbocycles. The second kappa shape index (κ2) is 10.1. The summed E-state index contributed by atoms with van der Waals surface area (Å²) in [5.41, 5.74) is 6.92. The van der Waals surface area contributed by atoms with E-state index in [9.17, 15) is 24.9 Å². The van der Waals surface area contributed by atoms with E-state index in [1.54, 1.807) is 0 Å². The number of nitrogens with zero attached hydrogens (tertiary/aromatic N) is 1. The van der Waals surface area contributed by atoms with E-state index in [2.05, 4.69) is 16.8 Å². The van der Waals surface area contributed by atoms with E-state index in [-0.39, 0.29) is 12.2 Å². The highest BCUT2D eigenvalue weighted by Gasteiger charge is 2.52. The third-order valence-corrected chi connectivity index (χ3v) is 5.92. The first-order chi connectivity index (χ1) is 15.1. The molecule has 6 N–H and O–H groups in total. The number of methoxy groups -OCH3 is 1. The molecule has 2 aliphatic heterocycles. The van der Waals surface area contributed by atoms with Crippen LogP contribution in [0, 0.1) is 16.9 Å². The Balaban J connectivity index is 2.41. The predicted octanol–water partition coefficient (Wildman–Crippen LogP) is -0.914. The van der Waals surface area contributed by atoms with Crippen LogP contribution in [0.2, 0.25) is 19.6 Å². The smallest absolute Gasteiger partial charge is 0.352 e. The van der Waals surface area contributed by atoms with Crippen molar-refractivity contribution < 1.29 is 39.1 Å². The number of aliphatic hydroxyl groups is 3. The van der Waals surface area contributed by atoms with Crippen LogP contribution in [0.3, 0.4) is 0 Å². The lowest BCUT2D eigenvalue weighted by atomic mass is 9.95. The van der Waals surface area contributed by atoms with Crippen molar-refractivity contribution >= 4 is 20.1 Å². The van der Waals surface area contributed by atoms with Gasteiger partial charge in [-0.25, -0.2) is 9.59 Å². The number of aliphatic hydroxyl groups excluding tert-OH is 3. The molecule has 11 nitrogen and oxygen atoms in total. The lowest BCUT2D eigenvalue weighted by Crippen LogP contribution is -2.69. The molecular weight excluding hydrogens is 450 g/mol. The van der Waals surface area contributed by atoms with Crippen LogP contribution in [0.1, 0.15) is 13.8 Å². The third kappa shape index (κ3) is 6.33. The van der Waals surface area contributed by atoms with Gasteiger partial charge in [0, 0.05) is 18.7 Å². The van der Waals surface area contributed by atoms with Crippen molar-refractivity contribution in [2.75, 3.05) is 26.9 Å². The van der Waals surface area contributed by atoms with Crippen molar-refractivity contribution in [3.8, 4) is 11.5 Å². The molecule has 1 unspecified atom stereocenters. The number of hydrogen-bond donors (Lipinski definition) is 5. The Bertz CT molecular complexity index is 847. The molecule has 2 amide bonds. The number of esters is 1. The minimum Gasteiger partial charge on any atom is -0.462 e. The fraction of sp³-hybridized carbons (Fsp3) is 0.714. The molecule has 1 fully saturated rings. The summed E-state index contributed by atoms with van der Waals surface area (Å²) in [7, 11) is -0.384. The van der Waals surface area contributed by atoms with Crippen LogP contribution in [0.25, 0.3) is 0 Å². The molecule has 1 saturated heterocycles. The van der Waals surface area contributed by atoms with Crippen LogP contribution < -0.4 is 11.1 Å². The van der Waals surface area contributed by atoms with Crippen molar-refractivity contribution in [1.29, 1.82) is 0 Å². The van der Waals surface area contributed by atoms with Crippen molar-refractivity contribution in [2.45, 2.75) is 63.7 Å². The molecular formula is C21H35N3O8Si. The van der Waals surface area contributed by atoms with Crippen LogP contribution in [0.4, 0.5) is 4.79 Å². The van der Waals surface area contributed by atoms with Gasteiger partial charge in [0.2, 0.25) is 5.66 Å². The van der Waals surface area contributed by atoms with Gasteiger partial charge in [-0.05, 0) is 0 Å². The van der Waals surface area contributed by atoms with Gasteiger partial charge in [-0.15, -0.1) is 5.54 Å². The minimum atomic E-state index is -2.07. The van der Waals surface area contributed by atoms with Crippen LogP contribution in [0.15, 0.2) is 11.8 Å². The Morgan fingerprint density at radius 3 is 2.48 bits per heavy atom. The zero-order valence-corrected chi connectivity index (χ0v) is 20.9. The van der Waals surface area contributed by atoms with Crippen LogP contribution >= 0.6 is 0 Å². The van der Waals surface area contributed by atoms with Crippen molar-refractivity contribution in [1.82, 2.24) is 10.2 Å². The average Bonchev–Trinajstić information content (AvgIpc) is 2.99. The lowest BCUT2D eigenvalue weighted by Gasteiger charge is -2.39. The first-order valence-corrected chi connectivity index (χ1v) is 14.1. The predicted molar refractivity (Wildman–Crippen MR) is 121 cm³/mol. The maximum atomic E-state index is 13.0. The summed E-state index contributed by atoms with van der Waals surface area (Å²) in [4.78, 5) is 26.9. The van der Waals surface area contributed by atoms with Crippen molar-refractivity contribution in [3.05, 3.63) is 11.8 Å². The summed E-state index contributed by atoms with van der Waals surface area (Å²) in [6.07, 6.45) is -4.09. The fourth-order valence-corrected chi connectivity index (χ4v) is 3.76. The SMILES string of the molecule is COCC(C)(C)COC(=O)C1(N)NC(=O)N([C@@H]2O[C@H](CO)[C@@H](O)[C@H]2O)C=C1C#C[Si](C)(C)C. The number of rotatable bonds is 7. The van der Waals surface area contributed by atoms with Gasteiger partial charge in [0.05, 0.1) is 25.4 Å². The number of ether oxygens (including phenoxy) is 3. The highest BCUT2D eigenvalue weighted by atomic mass is 28.3. The summed E-state index contributed by atoms with van der Waals surface area (Å²) < 4.78 is 16.0. The first kappa shape index (κ1) is 27.3. The molecule has 2 rings (SSSR count). The Hall–Kier alpha value is -1.98. The Kier molecular flexibility index (Phi) is 8.35. The number of carbonyl (C=O) groups is 2. The topological polar surface area (TPSA) is 164 Å². The van der Waals surface area contributed by atoms with Gasteiger partial charge in [-0.1, -0.05) is 39.4 Å². The van der Waals surface area contributed by atoms with E-state index in [0.717, 1.165) is 4.90 Å². The van der Waals surface area contributed by atoms with Gasteiger partial charge in [0.25, 0.3) is 0 Å². The Morgan fingerprint density at radius 2 is 1.97 bits per heavy atom. The van der Waals surface area contributed by atoms with E-state index in [1.807, 2.05) is 33.5 Å². The van der Waals surface area contributed by atoms with Crippen LogP contribution in [-0.4, -0.2) is 97.4 Å². The molecule has 2 heterocycles. The van der Waals surface area contributed by atoms with Gasteiger partial charge in [0.1, 0.15) is 26.4 Å². The third-order valence-electron chi connectivity index (χ3n) is 5.05. The van der Waals surface area contributed by atoms with Crippen molar-refractivity contribution in [3.63, 3.8) is 0 Å². The second-order valence-corrected chi connectivity index (χ2v) is 14.8. The zero-order chi connectivity index (χ0) is 25.2. The zero-order valence-electron chi connectivity index (χ0n) is 19.9. The van der Waals surface area contributed by atoms with E-state index in [4.69, 9.17) is 19.9 Å². The van der Waals surface area contributed by atoms with E-state index in [0.29, 0.717) is 6.61 Å². The minimum absolute atomic E-state index is 0.0121. The molecule has 33 heavy (non-hydrogen) atoms. The first-order valence-electron chi connectivity index (χ1n) is 10.6. The molecule has 0 aromatic rings. The number of nitrogens with two attached hydrogens (primary N) is 1. The molecule has 12 heteroatoms. The maximum Gasteiger partial charge on any atom is 0.352 e. The van der Waals surface area contributed by atoms with Gasteiger partial charge in [-0.2, -0.15) is 0 Å². The van der Waals surface area contributed by atoms with Gasteiger partial charge >= 0.3 is 12.0 Å². The summed E-state index contributed by atoms with van der Waals surface area (Å²) >= 11 is 0. The number of urea groups is 1. The standard InChI is InChI=1S/C21H35N3O8Si/c1-20(2,11-30-3)12-31-18(28)21(22)13(7-8-33(4,5)6)9-24(19(29)23-21)17-16(27)15(26)14(10-25)32-17/h9,14-17,25-27H,10-12,22H2,1-6H3,(H,23,29)/t14-,15-,16-,17-,21?/m1/s1. The number of nitrogens with one attached hydrogen (secondary N) is 1. The molecule has 0 aromatic carbocycles. The van der Waals surface area contributed by atoms with Crippen LogP contribution in [-0.2, 0) is 19.0 Å². The fourth-order valence-electron chi connectivity index (χ4n) is 3.25. The molecule has 0 spiro atoms. The number of carbonyl (C=O) groups excluding carboxylic acids is 2. The summed E-state index contributed by atoms with van der Waals surface area (Å²) in [5, 5.41) is 32.1. The quantitative estimate of drug-likeness (QED) is 0.174. The number of amides is 2. The van der Waals surface area contributed by atoms with E-state index < -0.39 is 62.3 Å². The van der Waals surface area contributed by atoms with Crippen molar-refractivity contribution in [2.24, 2.45) is 11.1 Å². The highest BCUT2D eigenvalue weighted by molar-refractivity contribution is 6.83. The molecule has 0 aromatic heterocycles. The number of hydrogen-bond acceptors (Lipinski definition) is 9. The highest BCUT2D eigenvalue weighted by Crippen LogP contribution is 2.29. The molecule has 186 valence electrons. The summed E-state index contributed by atoms with van der Waals surface area (Å²) in [6, 6.07) is -0.862. The Labute approximate surface area is 194 Å². The van der Waals surface area contributed by atoms with E-state index in [1.165, 1.54) is 13.3 Å². The van der Waals surface area contributed by atoms with E-state index >= 15 is 0 Å². The maximum absolute atomic E-state index is 13.0. The van der Waals surface area contributed by atoms with Gasteiger partial charge < -0.3 is 34.8 Å². The second-order valence-electron chi connectivity index (χ2n) is 10.1. The molecule has 0 bridgehead atoms. The van der Waals surface area contributed by atoms with Gasteiger partial charge in [-0.3, -0.25) is 10.6 Å². The molecule has 0 radical (unpaired) electrons. The Morgan fingerprint density at radius 1 is 1.33 bits per heavy atom.